The predicted molar refractivity (Wildman–Crippen MR) is 97.9 cm³/mol. The fourth-order valence-electron chi connectivity index (χ4n) is 2.48. The van der Waals surface area contributed by atoms with Gasteiger partial charge in [-0.1, -0.05) is 61.2 Å². The molecule has 2 aromatic carbocycles. The third-order valence-electron chi connectivity index (χ3n) is 4.28. The number of ether oxygens (including phenoxy) is 1. The Hall–Kier alpha value is -2.24. The van der Waals surface area contributed by atoms with E-state index in [1.165, 1.54) is 6.08 Å². The van der Waals surface area contributed by atoms with Gasteiger partial charge in [-0.15, -0.1) is 0 Å². The lowest BCUT2D eigenvalue weighted by atomic mass is 10.0. The van der Waals surface area contributed by atoms with Crippen LogP contribution < -0.4 is 17.0 Å². The van der Waals surface area contributed by atoms with E-state index in [-0.39, 0.29) is 29.0 Å². The van der Waals surface area contributed by atoms with Crippen LogP contribution in [0, 0.1) is 0 Å². The maximum atomic E-state index is 12.4. The van der Waals surface area contributed by atoms with Gasteiger partial charge in [0.05, 0.1) is 14.1 Å². The van der Waals surface area contributed by atoms with Crippen molar-refractivity contribution in [1.82, 2.24) is 0 Å². The molecule has 26 heavy (non-hydrogen) atoms. The van der Waals surface area contributed by atoms with Crippen LogP contribution in [0.2, 0.25) is 0 Å². The van der Waals surface area contributed by atoms with Crippen molar-refractivity contribution in [1.29, 1.82) is 0 Å². The van der Waals surface area contributed by atoms with E-state index in [0.29, 0.717) is 22.2 Å². The Bertz CT molecular complexity index is 755. The second-order valence-corrected chi connectivity index (χ2v) is 6.57. The van der Waals surface area contributed by atoms with Gasteiger partial charge in [0.1, 0.15) is 6.54 Å². The van der Waals surface area contributed by atoms with Gasteiger partial charge < -0.3 is 21.7 Å². The molecule has 138 valence electrons. The molecule has 1 unspecified atom stereocenters. The Morgan fingerprint density at radius 2 is 1.58 bits per heavy atom. The number of carbonyl (C=O) groups is 2. The standard InChI is InChI=1S/C21H24NO3.BrH/c1-5-20(23)25-16(2)22(3,4)15-17-11-13-19(14-12-17)21(24)18-9-7-6-8-10-18;/h5-14,16H,1,15H2,2-4H3;1H/q+1;/p-1. The first-order chi connectivity index (χ1) is 11.8. The Kier molecular flexibility index (Phi) is 7.93. The summed E-state index contributed by atoms with van der Waals surface area (Å²) in [5, 5.41) is 0. The summed E-state index contributed by atoms with van der Waals surface area (Å²) in [7, 11) is 3.98. The summed E-state index contributed by atoms with van der Waals surface area (Å²) < 4.78 is 5.80. The van der Waals surface area contributed by atoms with Crippen molar-refractivity contribution in [2.24, 2.45) is 0 Å². The van der Waals surface area contributed by atoms with Gasteiger partial charge in [-0.25, -0.2) is 4.79 Å². The molecular weight excluding hydrogens is 394 g/mol. The van der Waals surface area contributed by atoms with Crippen molar-refractivity contribution in [3.8, 4) is 0 Å². The summed E-state index contributed by atoms with van der Waals surface area (Å²) in [5.74, 6) is -0.420. The van der Waals surface area contributed by atoms with Gasteiger partial charge in [-0.3, -0.25) is 9.28 Å². The van der Waals surface area contributed by atoms with Gasteiger partial charge in [-0.05, 0) is 0 Å². The van der Waals surface area contributed by atoms with Crippen LogP contribution in [-0.4, -0.2) is 36.6 Å². The smallest absolute Gasteiger partial charge is 0.334 e. The van der Waals surface area contributed by atoms with Crippen LogP contribution >= 0.6 is 0 Å². The monoisotopic (exact) mass is 417 g/mol. The number of ketones is 1. The highest BCUT2D eigenvalue weighted by Gasteiger charge is 2.27. The minimum atomic E-state index is -0.428. The number of hydrogen-bond acceptors (Lipinski definition) is 3. The second kappa shape index (κ2) is 9.46. The maximum Gasteiger partial charge on any atom is 0.334 e. The lowest BCUT2D eigenvalue weighted by Crippen LogP contribution is -3.00. The second-order valence-electron chi connectivity index (χ2n) is 6.57. The molecule has 0 N–H and O–H groups in total. The fourth-order valence-corrected chi connectivity index (χ4v) is 2.48. The van der Waals surface area contributed by atoms with E-state index in [9.17, 15) is 9.59 Å². The minimum absolute atomic E-state index is 0. The highest BCUT2D eigenvalue weighted by atomic mass is 79.9. The summed E-state index contributed by atoms with van der Waals surface area (Å²) in [6.45, 7) is 5.95. The zero-order valence-electron chi connectivity index (χ0n) is 15.3. The Labute approximate surface area is 165 Å². The first kappa shape index (κ1) is 21.8. The largest absolute Gasteiger partial charge is 1.00 e. The molecule has 0 aliphatic heterocycles. The first-order valence-corrected chi connectivity index (χ1v) is 8.18. The molecule has 0 bridgehead atoms. The topological polar surface area (TPSA) is 43.4 Å². The van der Waals surface area contributed by atoms with Crippen molar-refractivity contribution >= 4 is 11.8 Å². The number of quaternary nitrogens is 1. The van der Waals surface area contributed by atoms with Gasteiger partial charge in [0.25, 0.3) is 0 Å². The van der Waals surface area contributed by atoms with Gasteiger partial charge >= 0.3 is 5.97 Å². The number of carbonyl (C=O) groups excluding carboxylic acids is 2. The number of hydrogen-bond donors (Lipinski definition) is 0. The van der Waals surface area contributed by atoms with E-state index in [0.717, 1.165) is 5.56 Å². The van der Waals surface area contributed by atoms with Crippen LogP contribution in [-0.2, 0) is 16.1 Å². The summed E-state index contributed by atoms with van der Waals surface area (Å²) >= 11 is 0. The molecule has 0 radical (unpaired) electrons. The molecule has 2 rings (SSSR count). The molecule has 0 aromatic heterocycles. The fraction of sp³-hybridized carbons (Fsp3) is 0.238. The lowest BCUT2D eigenvalue weighted by Gasteiger charge is -2.34. The van der Waals surface area contributed by atoms with E-state index in [2.05, 4.69) is 6.58 Å². The van der Waals surface area contributed by atoms with E-state index < -0.39 is 5.97 Å². The van der Waals surface area contributed by atoms with Crippen molar-refractivity contribution in [3.63, 3.8) is 0 Å². The number of nitrogens with zero attached hydrogens (tertiary/aromatic N) is 1. The zero-order chi connectivity index (χ0) is 18.4. The number of halogens is 1. The number of esters is 1. The average molecular weight is 418 g/mol. The molecule has 0 heterocycles. The molecule has 4 nitrogen and oxygen atoms in total. The molecular formula is C21H24BrNO3. The average Bonchev–Trinajstić information content (AvgIpc) is 2.62. The van der Waals surface area contributed by atoms with Crippen LogP contribution in [0.1, 0.15) is 28.4 Å². The van der Waals surface area contributed by atoms with E-state index in [1.807, 2.05) is 75.6 Å². The highest BCUT2D eigenvalue weighted by Crippen LogP contribution is 2.17. The summed E-state index contributed by atoms with van der Waals surface area (Å²) in [6.07, 6.45) is 0.858. The molecule has 0 amide bonds. The normalized spacial score (nSPS) is 11.8. The number of rotatable bonds is 7. The van der Waals surface area contributed by atoms with Gasteiger partial charge in [0.15, 0.2) is 5.78 Å². The van der Waals surface area contributed by atoms with E-state index >= 15 is 0 Å². The molecule has 0 aliphatic carbocycles. The van der Waals surface area contributed by atoms with E-state index in [4.69, 9.17) is 4.74 Å². The van der Waals surface area contributed by atoms with Crippen LogP contribution in [0.25, 0.3) is 0 Å². The quantitative estimate of drug-likeness (QED) is 0.217. The Balaban J connectivity index is 0.00000338. The minimum Gasteiger partial charge on any atom is -1.00 e. The third kappa shape index (κ3) is 5.64. The van der Waals surface area contributed by atoms with Crippen molar-refractivity contribution in [2.75, 3.05) is 14.1 Å². The van der Waals surface area contributed by atoms with Crippen LogP contribution in [0.4, 0.5) is 0 Å². The lowest BCUT2D eigenvalue weighted by molar-refractivity contribution is -0.945. The molecule has 0 aliphatic rings. The molecule has 0 spiro atoms. The van der Waals surface area contributed by atoms with Crippen molar-refractivity contribution < 1.29 is 35.8 Å². The van der Waals surface area contributed by atoms with Gasteiger partial charge in [0.2, 0.25) is 6.23 Å². The Morgan fingerprint density at radius 1 is 1.04 bits per heavy atom. The van der Waals surface area contributed by atoms with Gasteiger partial charge in [-0.2, -0.15) is 0 Å². The maximum absolute atomic E-state index is 12.4. The van der Waals surface area contributed by atoms with Crippen LogP contribution in [0.15, 0.2) is 67.3 Å². The highest BCUT2D eigenvalue weighted by molar-refractivity contribution is 6.08. The summed E-state index contributed by atoms with van der Waals surface area (Å²) in [4.78, 5) is 23.8. The zero-order valence-corrected chi connectivity index (χ0v) is 16.9. The van der Waals surface area contributed by atoms with Crippen LogP contribution in [0.5, 0.6) is 0 Å². The summed E-state index contributed by atoms with van der Waals surface area (Å²) in [6, 6.07) is 16.8. The number of benzene rings is 2. The van der Waals surface area contributed by atoms with Crippen LogP contribution in [0.3, 0.4) is 0 Å². The Morgan fingerprint density at radius 3 is 2.12 bits per heavy atom. The third-order valence-corrected chi connectivity index (χ3v) is 4.28. The van der Waals surface area contributed by atoms with Crippen molar-refractivity contribution in [2.45, 2.75) is 19.7 Å². The van der Waals surface area contributed by atoms with Crippen molar-refractivity contribution in [3.05, 3.63) is 83.9 Å². The van der Waals surface area contributed by atoms with E-state index in [1.54, 1.807) is 0 Å². The molecule has 5 heteroatoms. The predicted octanol–water partition coefficient (Wildman–Crippen LogP) is 0.573. The molecule has 0 saturated carbocycles. The SMILES string of the molecule is C=CC(=O)OC(C)[N+](C)(C)Cc1ccc(C(=O)c2ccccc2)cc1.[Br-]. The molecule has 0 fully saturated rings. The molecule has 2 aromatic rings. The molecule has 1 atom stereocenters. The van der Waals surface area contributed by atoms with Gasteiger partial charge in [0, 0.05) is 29.7 Å². The first-order valence-electron chi connectivity index (χ1n) is 8.18. The molecule has 0 saturated heterocycles. The summed E-state index contributed by atoms with van der Waals surface area (Å²) in [5.41, 5.74) is 2.40.